The van der Waals surface area contributed by atoms with Crippen LogP contribution in [0, 0.1) is 6.92 Å². The minimum atomic E-state index is -0.320. The van der Waals surface area contributed by atoms with Crippen LogP contribution in [0.1, 0.15) is 41.6 Å². The molecule has 0 aliphatic heterocycles. The number of aryl methyl sites for hydroxylation is 1. The number of hydrazone groups is 1. The molecular formula is C26H25N3O3. The Hall–Kier alpha value is -3.93. The number of furan rings is 1. The highest BCUT2D eigenvalue weighted by molar-refractivity contribution is 6.07. The maximum atomic E-state index is 13.0. The third-order valence-electron chi connectivity index (χ3n) is 4.98. The lowest BCUT2D eigenvalue weighted by Gasteiger charge is -2.10. The molecule has 0 radical (unpaired) electrons. The summed E-state index contributed by atoms with van der Waals surface area (Å²) >= 11 is 0. The van der Waals surface area contributed by atoms with E-state index in [1.807, 2.05) is 61.5 Å². The standard InChI is InChI=1S/C26H25N3O3/c1-3-4-14-31-20-9-7-8-19(15-20)25-16-23(22-10-5-6-11-24(22)28-25)26(30)29-27-17-21-13-12-18(2)32-21/h5-13,15-17H,3-4,14H2,1-2H3,(H,29,30)/b27-17-. The average molecular weight is 428 g/mol. The van der Waals surface area contributed by atoms with E-state index in [-0.39, 0.29) is 5.91 Å². The normalized spacial score (nSPS) is 11.2. The highest BCUT2D eigenvalue weighted by Crippen LogP contribution is 2.27. The molecule has 2 aromatic heterocycles. The molecule has 0 aliphatic rings. The molecule has 4 aromatic rings. The smallest absolute Gasteiger partial charge is 0.272 e. The van der Waals surface area contributed by atoms with Gasteiger partial charge in [-0.3, -0.25) is 4.79 Å². The first-order valence-corrected chi connectivity index (χ1v) is 10.7. The van der Waals surface area contributed by atoms with Crippen molar-refractivity contribution < 1.29 is 13.9 Å². The molecule has 2 heterocycles. The zero-order valence-electron chi connectivity index (χ0n) is 18.2. The van der Waals surface area contributed by atoms with E-state index >= 15 is 0 Å². The Morgan fingerprint density at radius 2 is 2.00 bits per heavy atom. The molecule has 1 N–H and O–H groups in total. The van der Waals surface area contributed by atoms with Gasteiger partial charge in [-0.05, 0) is 49.7 Å². The number of aromatic nitrogens is 1. The number of carbonyl (C=O) groups is 1. The summed E-state index contributed by atoms with van der Waals surface area (Å²) < 4.78 is 11.3. The summed E-state index contributed by atoms with van der Waals surface area (Å²) in [6.07, 6.45) is 3.56. The predicted octanol–water partition coefficient (Wildman–Crippen LogP) is 5.75. The number of benzene rings is 2. The van der Waals surface area contributed by atoms with Gasteiger partial charge in [0, 0.05) is 10.9 Å². The number of carbonyl (C=O) groups excluding carboxylic acids is 1. The van der Waals surface area contributed by atoms with E-state index in [9.17, 15) is 4.79 Å². The fraction of sp³-hybridized carbons (Fsp3) is 0.192. The first-order valence-electron chi connectivity index (χ1n) is 10.7. The molecule has 0 atom stereocenters. The van der Waals surface area contributed by atoms with E-state index in [1.165, 1.54) is 6.21 Å². The molecule has 32 heavy (non-hydrogen) atoms. The molecule has 0 spiro atoms. The summed E-state index contributed by atoms with van der Waals surface area (Å²) in [6.45, 7) is 4.65. The van der Waals surface area contributed by atoms with Crippen molar-refractivity contribution in [2.24, 2.45) is 5.10 Å². The molecule has 0 aliphatic carbocycles. The summed E-state index contributed by atoms with van der Waals surface area (Å²) in [7, 11) is 0. The van der Waals surface area contributed by atoms with E-state index < -0.39 is 0 Å². The molecule has 0 unspecified atom stereocenters. The molecule has 2 aromatic carbocycles. The molecule has 1 amide bonds. The molecule has 0 saturated heterocycles. The Balaban J connectivity index is 1.63. The fourth-order valence-electron chi connectivity index (χ4n) is 3.33. The number of nitrogens with zero attached hydrogens (tertiary/aromatic N) is 2. The second kappa shape index (κ2) is 9.92. The number of nitrogens with one attached hydrogen (secondary N) is 1. The number of amides is 1. The van der Waals surface area contributed by atoms with Crippen molar-refractivity contribution in [1.29, 1.82) is 0 Å². The van der Waals surface area contributed by atoms with Crippen LogP contribution in [0.15, 0.2) is 76.2 Å². The van der Waals surface area contributed by atoms with Crippen LogP contribution in [0.25, 0.3) is 22.2 Å². The first-order chi connectivity index (χ1) is 15.6. The number of unbranched alkanes of at least 4 members (excludes halogenated alkanes) is 1. The van der Waals surface area contributed by atoms with Gasteiger partial charge >= 0.3 is 0 Å². The largest absolute Gasteiger partial charge is 0.494 e. The molecule has 4 rings (SSSR count). The van der Waals surface area contributed by atoms with Crippen molar-refractivity contribution in [3.05, 3.63) is 83.8 Å². The second-order valence-electron chi connectivity index (χ2n) is 7.45. The Morgan fingerprint density at radius 3 is 2.81 bits per heavy atom. The molecule has 0 saturated carbocycles. The summed E-state index contributed by atoms with van der Waals surface area (Å²) in [5.74, 6) is 1.82. The lowest BCUT2D eigenvalue weighted by molar-refractivity contribution is 0.0956. The van der Waals surface area contributed by atoms with Crippen LogP contribution in [0.5, 0.6) is 5.75 Å². The van der Waals surface area contributed by atoms with E-state index in [0.717, 1.165) is 40.8 Å². The SMILES string of the molecule is CCCCOc1cccc(-c2cc(C(=O)N/N=C\c3ccc(C)o3)c3ccccc3n2)c1. The van der Waals surface area contributed by atoms with Crippen molar-refractivity contribution >= 4 is 23.0 Å². The third-order valence-corrected chi connectivity index (χ3v) is 4.98. The van der Waals surface area contributed by atoms with Gasteiger partial charge in [0.2, 0.25) is 0 Å². The van der Waals surface area contributed by atoms with Crippen LogP contribution >= 0.6 is 0 Å². The maximum absolute atomic E-state index is 13.0. The number of ether oxygens (including phenoxy) is 1. The van der Waals surface area contributed by atoms with E-state index in [4.69, 9.17) is 14.1 Å². The molecule has 6 heteroatoms. The van der Waals surface area contributed by atoms with Crippen LogP contribution in [0.4, 0.5) is 0 Å². The summed E-state index contributed by atoms with van der Waals surface area (Å²) in [5.41, 5.74) is 5.40. The Kier molecular flexibility index (Phi) is 6.60. The highest BCUT2D eigenvalue weighted by atomic mass is 16.5. The maximum Gasteiger partial charge on any atom is 0.272 e. The quantitative estimate of drug-likeness (QED) is 0.221. The topological polar surface area (TPSA) is 76.7 Å². The first kappa shape index (κ1) is 21.3. The van der Waals surface area contributed by atoms with Gasteiger partial charge in [0.25, 0.3) is 5.91 Å². The minimum Gasteiger partial charge on any atom is -0.494 e. The highest BCUT2D eigenvalue weighted by Gasteiger charge is 2.14. The van der Waals surface area contributed by atoms with E-state index in [0.29, 0.717) is 23.6 Å². The molecule has 162 valence electrons. The van der Waals surface area contributed by atoms with Gasteiger partial charge < -0.3 is 9.15 Å². The van der Waals surface area contributed by atoms with E-state index in [2.05, 4.69) is 17.5 Å². The number of fused-ring (bicyclic) bond motifs is 1. The number of hydrogen-bond donors (Lipinski definition) is 1. The monoisotopic (exact) mass is 427 g/mol. The second-order valence-corrected chi connectivity index (χ2v) is 7.45. The zero-order chi connectivity index (χ0) is 22.3. The van der Waals surface area contributed by atoms with Crippen molar-refractivity contribution in [2.75, 3.05) is 6.61 Å². The van der Waals surface area contributed by atoms with Gasteiger partial charge in [-0.25, -0.2) is 10.4 Å². The third kappa shape index (κ3) is 5.03. The van der Waals surface area contributed by atoms with Gasteiger partial charge in [-0.15, -0.1) is 0 Å². The van der Waals surface area contributed by atoms with Crippen molar-refractivity contribution in [3.63, 3.8) is 0 Å². The van der Waals surface area contributed by atoms with Crippen LogP contribution in [-0.2, 0) is 0 Å². The predicted molar refractivity (Wildman–Crippen MR) is 126 cm³/mol. The van der Waals surface area contributed by atoms with Gasteiger partial charge in [0.05, 0.1) is 29.6 Å². The van der Waals surface area contributed by atoms with Gasteiger partial charge in [0.1, 0.15) is 17.3 Å². The number of rotatable bonds is 8. The number of hydrogen-bond acceptors (Lipinski definition) is 5. The van der Waals surface area contributed by atoms with Crippen molar-refractivity contribution in [1.82, 2.24) is 10.4 Å². The fourth-order valence-corrected chi connectivity index (χ4v) is 3.33. The lowest BCUT2D eigenvalue weighted by atomic mass is 10.0. The Morgan fingerprint density at radius 1 is 1.12 bits per heavy atom. The average Bonchev–Trinajstić information content (AvgIpc) is 3.23. The summed E-state index contributed by atoms with van der Waals surface area (Å²) in [4.78, 5) is 17.7. The number of pyridine rings is 1. The van der Waals surface area contributed by atoms with Gasteiger partial charge in [-0.2, -0.15) is 5.10 Å². The number of para-hydroxylation sites is 1. The molecule has 0 fully saturated rings. The Labute approximate surface area is 186 Å². The summed E-state index contributed by atoms with van der Waals surface area (Å²) in [6, 6.07) is 20.8. The van der Waals surface area contributed by atoms with Crippen LogP contribution in [-0.4, -0.2) is 23.7 Å². The van der Waals surface area contributed by atoms with Crippen molar-refractivity contribution in [2.45, 2.75) is 26.7 Å². The molecular weight excluding hydrogens is 402 g/mol. The van der Waals surface area contributed by atoms with Crippen LogP contribution < -0.4 is 10.2 Å². The Bertz CT molecular complexity index is 1260. The zero-order valence-corrected chi connectivity index (χ0v) is 18.2. The lowest BCUT2D eigenvalue weighted by Crippen LogP contribution is -2.18. The minimum absolute atomic E-state index is 0.320. The molecule has 6 nitrogen and oxygen atoms in total. The van der Waals surface area contributed by atoms with Gasteiger partial charge in [-0.1, -0.05) is 43.7 Å². The van der Waals surface area contributed by atoms with Crippen molar-refractivity contribution in [3.8, 4) is 17.0 Å². The van der Waals surface area contributed by atoms with Gasteiger partial charge in [0.15, 0.2) is 0 Å². The molecule has 0 bridgehead atoms. The van der Waals surface area contributed by atoms with Crippen LogP contribution in [0.2, 0.25) is 0 Å². The van der Waals surface area contributed by atoms with Crippen LogP contribution in [0.3, 0.4) is 0 Å². The van der Waals surface area contributed by atoms with E-state index in [1.54, 1.807) is 12.1 Å². The summed E-state index contributed by atoms with van der Waals surface area (Å²) in [5, 5.41) is 4.80.